The first-order valence-corrected chi connectivity index (χ1v) is 6.58. The van der Waals surface area contributed by atoms with Gasteiger partial charge in [-0.2, -0.15) is 0 Å². The summed E-state index contributed by atoms with van der Waals surface area (Å²) in [6.07, 6.45) is 4.95. The van der Waals surface area contributed by atoms with Gasteiger partial charge in [0.1, 0.15) is 17.5 Å². The van der Waals surface area contributed by atoms with Gasteiger partial charge in [0.05, 0.1) is 0 Å². The van der Waals surface area contributed by atoms with Gasteiger partial charge in [-0.3, -0.25) is 0 Å². The molecular weight excluding hydrogens is 215 g/mol. The van der Waals surface area contributed by atoms with Gasteiger partial charge in [-0.05, 0) is 56.7 Å². The molecule has 17 heavy (non-hydrogen) atoms. The van der Waals surface area contributed by atoms with E-state index in [-0.39, 0.29) is 5.60 Å². The van der Waals surface area contributed by atoms with Crippen molar-refractivity contribution in [3.8, 4) is 5.75 Å². The molecule has 0 saturated heterocycles. The van der Waals surface area contributed by atoms with Crippen LogP contribution in [0.4, 0.5) is 4.39 Å². The zero-order valence-corrected chi connectivity index (χ0v) is 10.7. The van der Waals surface area contributed by atoms with Crippen LogP contribution in [0.1, 0.15) is 57.7 Å². The number of alkyl halides is 1. The predicted molar refractivity (Wildman–Crippen MR) is 68.1 cm³/mol. The molecule has 1 aliphatic rings. The van der Waals surface area contributed by atoms with Crippen LogP contribution in [0.3, 0.4) is 0 Å². The molecule has 0 N–H and O–H groups in total. The second kappa shape index (κ2) is 5.07. The van der Waals surface area contributed by atoms with Crippen molar-refractivity contribution in [1.29, 1.82) is 0 Å². The van der Waals surface area contributed by atoms with E-state index in [9.17, 15) is 4.39 Å². The maximum absolute atomic E-state index is 13.1. The predicted octanol–water partition coefficient (Wildman–Crippen LogP) is 4.82. The van der Waals surface area contributed by atoms with Crippen LogP contribution in [0.15, 0.2) is 24.3 Å². The highest BCUT2D eigenvalue weighted by atomic mass is 19.1. The molecule has 1 aromatic carbocycles. The first kappa shape index (κ1) is 12.4. The Morgan fingerprint density at radius 1 is 1.24 bits per heavy atom. The second-order valence-corrected chi connectivity index (χ2v) is 5.03. The molecule has 0 bridgehead atoms. The molecule has 0 aromatic heterocycles. The fourth-order valence-corrected chi connectivity index (χ4v) is 2.60. The SMILES string of the molecule is CCC1(Oc2ccc(C(C)F)cc2)CCCC1. The van der Waals surface area contributed by atoms with Gasteiger partial charge in [0, 0.05) is 0 Å². The minimum Gasteiger partial charge on any atom is -0.487 e. The Labute approximate surface area is 103 Å². The van der Waals surface area contributed by atoms with Crippen molar-refractivity contribution in [2.24, 2.45) is 0 Å². The summed E-state index contributed by atoms with van der Waals surface area (Å²) < 4.78 is 19.2. The molecule has 0 spiro atoms. The lowest BCUT2D eigenvalue weighted by molar-refractivity contribution is 0.0720. The third kappa shape index (κ3) is 2.80. The zero-order valence-electron chi connectivity index (χ0n) is 10.7. The Balaban J connectivity index is 2.07. The highest BCUT2D eigenvalue weighted by Gasteiger charge is 2.34. The first-order valence-electron chi connectivity index (χ1n) is 6.58. The number of hydrogen-bond acceptors (Lipinski definition) is 1. The molecule has 1 atom stereocenters. The van der Waals surface area contributed by atoms with Crippen molar-refractivity contribution in [2.45, 2.75) is 57.7 Å². The van der Waals surface area contributed by atoms with Gasteiger partial charge in [0.2, 0.25) is 0 Å². The van der Waals surface area contributed by atoms with E-state index < -0.39 is 6.17 Å². The molecule has 0 aliphatic heterocycles. The molecular formula is C15H21FO. The molecule has 1 saturated carbocycles. The third-order valence-corrected chi connectivity index (χ3v) is 3.83. The number of hydrogen-bond donors (Lipinski definition) is 0. The number of halogens is 1. The molecule has 94 valence electrons. The summed E-state index contributed by atoms with van der Waals surface area (Å²) in [5, 5.41) is 0. The number of benzene rings is 1. The van der Waals surface area contributed by atoms with Crippen LogP contribution in [-0.2, 0) is 0 Å². The van der Waals surface area contributed by atoms with Crippen LogP contribution in [0.25, 0.3) is 0 Å². The largest absolute Gasteiger partial charge is 0.487 e. The van der Waals surface area contributed by atoms with Crippen LogP contribution in [0.2, 0.25) is 0 Å². The molecule has 1 fully saturated rings. The number of ether oxygens (including phenoxy) is 1. The smallest absolute Gasteiger partial charge is 0.122 e. The van der Waals surface area contributed by atoms with Crippen LogP contribution in [0.5, 0.6) is 5.75 Å². The lowest BCUT2D eigenvalue weighted by Crippen LogP contribution is -2.31. The normalized spacial score (nSPS) is 20.2. The zero-order chi connectivity index (χ0) is 12.3. The second-order valence-electron chi connectivity index (χ2n) is 5.03. The summed E-state index contributed by atoms with van der Waals surface area (Å²) in [5.74, 6) is 0.873. The van der Waals surface area contributed by atoms with E-state index >= 15 is 0 Å². The number of rotatable bonds is 4. The summed E-state index contributed by atoms with van der Waals surface area (Å²) in [4.78, 5) is 0. The van der Waals surface area contributed by atoms with Crippen molar-refractivity contribution in [2.75, 3.05) is 0 Å². The Morgan fingerprint density at radius 2 is 1.82 bits per heavy atom. The van der Waals surface area contributed by atoms with Crippen molar-refractivity contribution < 1.29 is 9.13 Å². The summed E-state index contributed by atoms with van der Waals surface area (Å²) in [5.41, 5.74) is 0.748. The van der Waals surface area contributed by atoms with E-state index in [4.69, 9.17) is 4.74 Å². The highest BCUT2D eigenvalue weighted by Crippen LogP contribution is 2.37. The van der Waals surface area contributed by atoms with Gasteiger partial charge in [-0.15, -0.1) is 0 Å². The highest BCUT2D eigenvalue weighted by molar-refractivity contribution is 5.29. The standard InChI is InChI=1S/C15H21FO/c1-3-15(10-4-5-11-15)17-14-8-6-13(7-9-14)12(2)16/h6-9,12H,3-5,10-11H2,1-2H3. The lowest BCUT2D eigenvalue weighted by Gasteiger charge is -2.29. The van der Waals surface area contributed by atoms with Crippen LogP contribution >= 0.6 is 0 Å². The van der Waals surface area contributed by atoms with Crippen molar-refractivity contribution >= 4 is 0 Å². The maximum atomic E-state index is 13.1. The van der Waals surface area contributed by atoms with E-state index in [0.29, 0.717) is 5.56 Å². The summed E-state index contributed by atoms with van der Waals surface area (Å²) in [6, 6.07) is 7.42. The van der Waals surface area contributed by atoms with Gasteiger partial charge in [0.15, 0.2) is 0 Å². The summed E-state index contributed by atoms with van der Waals surface area (Å²) in [7, 11) is 0. The van der Waals surface area contributed by atoms with Gasteiger partial charge >= 0.3 is 0 Å². The first-order chi connectivity index (χ1) is 8.15. The fourth-order valence-electron chi connectivity index (χ4n) is 2.60. The summed E-state index contributed by atoms with van der Waals surface area (Å²) >= 11 is 0. The third-order valence-electron chi connectivity index (χ3n) is 3.83. The maximum Gasteiger partial charge on any atom is 0.122 e. The van der Waals surface area contributed by atoms with Crippen LogP contribution < -0.4 is 4.74 Å². The molecule has 1 aromatic rings. The average Bonchev–Trinajstić information content (AvgIpc) is 2.79. The Morgan fingerprint density at radius 3 is 2.29 bits per heavy atom. The lowest BCUT2D eigenvalue weighted by atomic mass is 9.98. The molecule has 1 nitrogen and oxygen atoms in total. The van der Waals surface area contributed by atoms with Gasteiger partial charge in [-0.25, -0.2) is 4.39 Å². The van der Waals surface area contributed by atoms with Crippen molar-refractivity contribution in [1.82, 2.24) is 0 Å². The van der Waals surface area contributed by atoms with E-state index in [2.05, 4.69) is 6.92 Å². The van der Waals surface area contributed by atoms with E-state index in [1.165, 1.54) is 12.8 Å². The molecule has 1 aliphatic carbocycles. The van der Waals surface area contributed by atoms with Gasteiger partial charge < -0.3 is 4.74 Å². The average molecular weight is 236 g/mol. The molecule has 1 unspecified atom stereocenters. The fraction of sp³-hybridized carbons (Fsp3) is 0.600. The Kier molecular flexibility index (Phi) is 3.70. The molecule has 2 rings (SSSR count). The monoisotopic (exact) mass is 236 g/mol. The van der Waals surface area contributed by atoms with Crippen molar-refractivity contribution in [3.05, 3.63) is 29.8 Å². The van der Waals surface area contributed by atoms with Crippen LogP contribution in [-0.4, -0.2) is 5.60 Å². The van der Waals surface area contributed by atoms with Gasteiger partial charge in [-0.1, -0.05) is 19.1 Å². The topological polar surface area (TPSA) is 9.23 Å². The molecule has 0 amide bonds. The Hall–Kier alpha value is -1.05. The Bertz CT molecular complexity index is 350. The van der Waals surface area contributed by atoms with Gasteiger partial charge in [0.25, 0.3) is 0 Å². The molecule has 2 heteroatoms. The van der Waals surface area contributed by atoms with Crippen LogP contribution in [0, 0.1) is 0 Å². The minimum atomic E-state index is -0.907. The summed E-state index contributed by atoms with van der Waals surface area (Å²) in [6.45, 7) is 3.74. The van der Waals surface area contributed by atoms with E-state index in [1.54, 1.807) is 6.92 Å². The molecule has 0 heterocycles. The van der Waals surface area contributed by atoms with E-state index in [1.807, 2.05) is 24.3 Å². The van der Waals surface area contributed by atoms with Crippen molar-refractivity contribution in [3.63, 3.8) is 0 Å². The minimum absolute atomic E-state index is 0.0306. The quantitative estimate of drug-likeness (QED) is 0.728. The van der Waals surface area contributed by atoms with E-state index in [0.717, 1.165) is 25.0 Å². The molecule has 0 radical (unpaired) electrons.